The first-order chi connectivity index (χ1) is 17.4. The van der Waals surface area contributed by atoms with Crippen molar-refractivity contribution in [2.45, 2.75) is 74.9 Å². The standard InChI is InChI=1S/C26H30F2N4O4S/c1-17-8-9-23(18-6-4-3-5-7-18)37(35,36)32(17)12-19-10-22(28)20(11-21(19)27)26(13-25(2,34)14-26)15-31-16-29-30-24(31)33/h3-7,10-11,16-17,23,34H,8-9,12-15H2,1-2H3,(H,30,33)/t17-,23?,25-,26+/m0/s1. The molecule has 1 saturated heterocycles. The summed E-state index contributed by atoms with van der Waals surface area (Å²) in [6.07, 6.45) is 2.59. The predicted octanol–water partition coefficient (Wildman–Crippen LogP) is 3.39. The molecule has 2 fully saturated rings. The highest BCUT2D eigenvalue weighted by Crippen LogP contribution is 2.52. The lowest BCUT2D eigenvalue weighted by atomic mass is 9.56. The number of aliphatic hydroxyl groups is 1. The van der Waals surface area contributed by atoms with Crippen LogP contribution in [-0.2, 0) is 28.5 Å². The van der Waals surface area contributed by atoms with Crippen LogP contribution in [-0.4, -0.2) is 44.2 Å². The van der Waals surface area contributed by atoms with Gasteiger partial charge in [-0.1, -0.05) is 30.3 Å². The Morgan fingerprint density at radius 1 is 1.14 bits per heavy atom. The average Bonchev–Trinajstić information content (AvgIpc) is 3.21. The van der Waals surface area contributed by atoms with Crippen LogP contribution in [0.25, 0.3) is 0 Å². The van der Waals surface area contributed by atoms with Crippen molar-refractivity contribution in [3.05, 3.63) is 87.6 Å². The molecule has 1 aliphatic heterocycles. The molecule has 1 saturated carbocycles. The summed E-state index contributed by atoms with van der Waals surface area (Å²) < 4.78 is 60.7. The minimum Gasteiger partial charge on any atom is -0.390 e. The van der Waals surface area contributed by atoms with Crippen LogP contribution in [0.15, 0.2) is 53.6 Å². The average molecular weight is 533 g/mol. The van der Waals surface area contributed by atoms with Crippen LogP contribution >= 0.6 is 0 Å². The number of hydrogen-bond acceptors (Lipinski definition) is 5. The fraction of sp³-hybridized carbons (Fsp3) is 0.462. The van der Waals surface area contributed by atoms with Gasteiger partial charge in [0.1, 0.15) is 23.2 Å². The van der Waals surface area contributed by atoms with Crippen LogP contribution in [0.5, 0.6) is 0 Å². The maximum atomic E-state index is 15.6. The Bertz CT molecular complexity index is 1460. The second-order valence-electron chi connectivity index (χ2n) is 10.8. The summed E-state index contributed by atoms with van der Waals surface area (Å²) >= 11 is 0. The largest absolute Gasteiger partial charge is 0.390 e. The van der Waals surface area contributed by atoms with Crippen LogP contribution in [0.3, 0.4) is 0 Å². The van der Waals surface area contributed by atoms with Crippen LogP contribution in [0.1, 0.15) is 61.5 Å². The number of halogens is 2. The SMILES string of the molecule is C[C@H]1CCC(c2ccccc2)S(=O)(=O)N1Cc1cc(F)c([C@]2(Cn3cn[nH]c3=O)C[C@](C)(O)C2)cc1F. The van der Waals surface area contributed by atoms with Crippen molar-refractivity contribution in [3.63, 3.8) is 0 Å². The third kappa shape index (κ3) is 4.64. The number of aromatic amines is 1. The third-order valence-electron chi connectivity index (χ3n) is 7.76. The maximum Gasteiger partial charge on any atom is 0.343 e. The number of nitrogens with zero attached hydrogens (tertiary/aromatic N) is 3. The van der Waals surface area contributed by atoms with E-state index < -0.39 is 43.6 Å². The van der Waals surface area contributed by atoms with Gasteiger partial charge in [0.05, 0.1) is 5.60 Å². The molecule has 3 aromatic rings. The molecule has 1 aromatic heterocycles. The molecule has 0 amide bonds. The molecule has 0 bridgehead atoms. The Labute approximate surface area is 214 Å². The lowest BCUT2D eigenvalue weighted by Gasteiger charge is -2.52. The highest BCUT2D eigenvalue weighted by Gasteiger charge is 2.54. The molecule has 2 atom stereocenters. The van der Waals surface area contributed by atoms with Crippen molar-refractivity contribution in [1.82, 2.24) is 19.1 Å². The van der Waals surface area contributed by atoms with Gasteiger partial charge in [-0.25, -0.2) is 27.1 Å². The van der Waals surface area contributed by atoms with E-state index in [9.17, 15) is 18.3 Å². The normalized spacial score (nSPS) is 29.6. The smallest absolute Gasteiger partial charge is 0.343 e. The maximum absolute atomic E-state index is 15.6. The van der Waals surface area contributed by atoms with Crippen LogP contribution in [0.4, 0.5) is 8.78 Å². The van der Waals surface area contributed by atoms with E-state index in [0.29, 0.717) is 18.4 Å². The molecule has 1 aliphatic carbocycles. The number of benzene rings is 2. The topological polar surface area (TPSA) is 108 Å². The van der Waals surface area contributed by atoms with Gasteiger partial charge in [0.25, 0.3) is 0 Å². The van der Waals surface area contributed by atoms with Crippen LogP contribution in [0, 0.1) is 11.6 Å². The van der Waals surface area contributed by atoms with Crippen molar-refractivity contribution in [2.75, 3.05) is 0 Å². The number of nitrogens with one attached hydrogen (secondary N) is 1. The molecule has 8 nitrogen and oxygen atoms in total. The quantitative estimate of drug-likeness (QED) is 0.506. The van der Waals surface area contributed by atoms with Crippen molar-refractivity contribution in [1.29, 1.82) is 0 Å². The minimum atomic E-state index is -3.82. The molecule has 2 aliphatic rings. The molecular weight excluding hydrogens is 502 g/mol. The van der Waals surface area contributed by atoms with E-state index in [4.69, 9.17) is 0 Å². The molecule has 2 heterocycles. The number of aromatic nitrogens is 3. The molecule has 37 heavy (non-hydrogen) atoms. The summed E-state index contributed by atoms with van der Waals surface area (Å²) in [5, 5.41) is 15.7. The number of H-pyrrole nitrogens is 1. The van der Waals surface area contributed by atoms with Crippen molar-refractivity contribution < 1.29 is 22.3 Å². The second kappa shape index (κ2) is 9.14. The van der Waals surface area contributed by atoms with E-state index in [0.717, 1.165) is 12.1 Å². The van der Waals surface area contributed by atoms with E-state index in [1.807, 2.05) is 6.07 Å². The van der Waals surface area contributed by atoms with Gasteiger partial charge < -0.3 is 5.11 Å². The van der Waals surface area contributed by atoms with Gasteiger partial charge in [-0.15, -0.1) is 0 Å². The Balaban J connectivity index is 1.47. The van der Waals surface area contributed by atoms with Gasteiger partial charge >= 0.3 is 5.69 Å². The molecule has 0 spiro atoms. The summed E-state index contributed by atoms with van der Waals surface area (Å²) in [7, 11) is -3.82. The summed E-state index contributed by atoms with van der Waals surface area (Å²) in [4.78, 5) is 12.0. The Morgan fingerprint density at radius 2 is 1.84 bits per heavy atom. The van der Waals surface area contributed by atoms with Gasteiger partial charge in [-0.3, -0.25) is 4.57 Å². The monoisotopic (exact) mass is 532 g/mol. The fourth-order valence-electron chi connectivity index (χ4n) is 6.14. The van der Waals surface area contributed by atoms with Gasteiger partial charge in [0.15, 0.2) is 0 Å². The first-order valence-electron chi connectivity index (χ1n) is 12.3. The van der Waals surface area contributed by atoms with Gasteiger partial charge in [0.2, 0.25) is 10.0 Å². The summed E-state index contributed by atoms with van der Waals surface area (Å²) in [5.41, 5.74) is -1.92. The molecule has 0 radical (unpaired) electrons. The molecule has 2 N–H and O–H groups in total. The van der Waals surface area contributed by atoms with Gasteiger partial charge in [-0.05, 0) is 62.8 Å². The highest BCUT2D eigenvalue weighted by atomic mass is 32.2. The van der Waals surface area contributed by atoms with E-state index in [1.165, 1.54) is 15.2 Å². The second-order valence-corrected chi connectivity index (χ2v) is 12.8. The highest BCUT2D eigenvalue weighted by molar-refractivity contribution is 7.89. The zero-order chi connectivity index (χ0) is 26.6. The van der Waals surface area contributed by atoms with E-state index in [1.54, 1.807) is 38.1 Å². The third-order valence-corrected chi connectivity index (χ3v) is 10.1. The Morgan fingerprint density at radius 3 is 2.46 bits per heavy atom. The van der Waals surface area contributed by atoms with Crippen molar-refractivity contribution >= 4 is 10.0 Å². The molecule has 2 aromatic carbocycles. The molecular formula is C26H30F2N4O4S. The Kier molecular flexibility index (Phi) is 6.36. The molecule has 198 valence electrons. The van der Waals surface area contributed by atoms with Crippen molar-refractivity contribution in [2.24, 2.45) is 0 Å². The molecule has 1 unspecified atom stereocenters. The van der Waals surface area contributed by atoms with E-state index >= 15 is 8.78 Å². The van der Waals surface area contributed by atoms with E-state index in [-0.39, 0.29) is 43.1 Å². The number of rotatable bonds is 6. The zero-order valence-corrected chi connectivity index (χ0v) is 21.5. The summed E-state index contributed by atoms with van der Waals surface area (Å²) in [6.45, 7) is 3.11. The van der Waals surface area contributed by atoms with Crippen molar-refractivity contribution in [3.8, 4) is 0 Å². The van der Waals surface area contributed by atoms with Crippen LogP contribution < -0.4 is 5.69 Å². The lowest BCUT2D eigenvalue weighted by Crippen LogP contribution is -2.56. The fourth-order valence-corrected chi connectivity index (χ4v) is 8.33. The summed E-state index contributed by atoms with van der Waals surface area (Å²) in [6, 6.07) is 10.7. The number of hydrogen-bond donors (Lipinski definition) is 2. The molecule has 11 heteroatoms. The van der Waals surface area contributed by atoms with Gasteiger partial charge in [0, 0.05) is 30.1 Å². The summed E-state index contributed by atoms with van der Waals surface area (Å²) in [5.74, 6) is -1.43. The first kappa shape index (κ1) is 25.7. The molecule has 5 rings (SSSR count). The van der Waals surface area contributed by atoms with Gasteiger partial charge in [-0.2, -0.15) is 9.40 Å². The Hall–Kier alpha value is -2.89. The predicted molar refractivity (Wildman–Crippen MR) is 133 cm³/mol. The van der Waals surface area contributed by atoms with Crippen LogP contribution in [0.2, 0.25) is 0 Å². The lowest BCUT2D eigenvalue weighted by molar-refractivity contribution is -0.0834. The van der Waals surface area contributed by atoms with E-state index in [2.05, 4.69) is 10.2 Å². The zero-order valence-electron chi connectivity index (χ0n) is 20.7. The number of sulfonamides is 1. The first-order valence-corrected chi connectivity index (χ1v) is 13.8. The minimum absolute atomic E-state index is 0.0183.